The molecule has 0 N–H and O–H groups in total. The van der Waals surface area contributed by atoms with Crippen LogP contribution in [0.2, 0.25) is 0 Å². The van der Waals surface area contributed by atoms with Crippen molar-refractivity contribution in [1.82, 2.24) is 9.97 Å². The zero-order valence-electron chi connectivity index (χ0n) is 24.9. The van der Waals surface area contributed by atoms with Gasteiger partial charge in [-0.25, -0.2) is 9.97 Å². The summed E-state index contributed by atoms with van der Waals surface area (Å²) in [7, 11) is 0. The standard InChI is InChI=1S/C41H30N2O/c1-24(2)41(3)32-20-9-6-16-28(32)36-33(41)23-31(39-37(36)30-18-8-11-22-35(30)44-39)38-29-17-7-10-21-34(29)42-40(43-38)27-19-12-14-25-13-4-5-15-26(25)27/h4-24H,1-3H3. The van der Waals surface area contributed by atoms with Gasteiger partial charge in [0.25, 0.3) is 0 Å². The Bertz CT molecular complexity index is 2450. The molecule has 0 aliphatic heterocycles. The average Bonchev–Trinajstić information content (AvgIpc) is 3.57. The maximum atomic E-state index is 6.81. The number of aromatic nitrogens is 2. The van der Waals surface area contributed by atoms with E-state index < -0.39 is 0 Å². The van der Waals surface area contributed by atoms with Crippen molar-refractivity contribution in [2.45, 2.75) is 26.2 Å². The molecule has 0 saturated carbocycles. The fourth-order valence-electron chi connectivity index (χ4n) is 7.51. The summed E-state index contributed by atoms with van der Waals surface area (Å²) < 4.78 is 6.81. The highest BCUT2D eigenvalue weighted by Gasteiger charge is 2.43. The van der Waals surface area contributed by atoms with Gasteiger partial charge in [-0.15, -0.1) is 0 Å². The molecule has 0 bridgehead atoms. The molecule has 3 heteroatoms. The van der Waals surface area contributed by atoms with E-state index in [4.69, 9.17) is 14.4 Å². The van der Waals surface area contributed by atoms with Crippen molar-refractivity contribution >= 4 is 43.6 Å². The maximum Gasteiger partial charge on any atom is 0.161 e. The molecule has 210 valence electrons. The Morgan fingerprint density at radius 3 is 2.16 bits per heavy atom. The van der Waals surface area contributed by atoms with Crippen LogP contribution in [0.5, 0.6) is 0 Å². The van der Waals surface area contributed by atoms with Gasteiger partial charge < -0.3 is 4.42 Å². The average molecular weight is 567 g/mol. The van der Waals surface area contributed by atoms with E-state index in [2.05, 4.69) is 142 Å². The maximum absolute atomic E-state index is 6.81. The molecule has 0 fully saturated rings. The van der Waals surface area contributed by atoms with Crippen LogP contribution in [-0.2, 0) is 5.41 Å². The minimum atomic E-state index is -0.172. The topological polar surface area (TPSA) is 38.9 Å². The largest absolute Gasteiger partial charge is 0.455 e. The Hall–Kier alpha value is -5.28. The molecule has 0 amide bonds. The number of nitrogens with zero attached hydrogens (tertiary/aromatic N) is 2. The smallest absolute Gasteiger partial charge is 0.161 e. The van der Waals surface area contributed by atoms with Crippen molar-refractivity contribution in [1.29, 1.82) is 0 Å². The van der Waals surface area contributed by atoms with Gasteiger partial charge in [0.05, 0.1) is 11.2 Å². The van der Waals surface area contributed by atoms with Crippen LogP contribution >= 0.6 is 0 Å². The van der Waals surface area contributed by atoms with Gasteiger partial charge in [-0.3, -0.25) is 0 Å². The van der Waals surface area contributed by atoms with Crippen molar-refractivity contribution < 1.29 is 4.42 Å². The zero-order valence-corrected chi connectivity index (χ0v) is 24.9. The van der Waals surface area contributed by atoms with E-state index in [0.717, 1.165) is 55.5 Å². The van der Waals surface area contributed by atoms with Crippen LogP contribution in [0.4, 0.5) is 0 Å². The summed E-state index contributed by atoms with van der Waals surface area (Å²) in [6.07, 6.45) is 0. The molecule has 2 heterocycles. The van der Waals surface area contributed by atoms with Crippen molar-refractivity contribution in [3.63, 3.8) is 0 Å². The highest BCUT2D eigenvalue weighted by molar-refractivity contribution is 6.19. The van der Waals surface area contributed by atoms with Crippen molar-refractivity contribution in [3.05, 3.63) is 132 Å². The summed E-state index contributed by atoms with van der Waals surface area (Å²) in [5.41, 5.74) is 10.7. The minimum Gasteiger partial charge on any atom is -0.455 e. The fraction of sp³-hybridized carbons (Fsp3) is 0.122. The van der Waals surface area contributed by atoms with Crippen LogP contribution in [0.15, 0.2) is 126 Å². The van der Waals surface area contributed by atoms with Gasteiger partial charge in [0, 0.05) is 32.7 Å². The Morgan fingerprint density at radius 2 is 1.30 bits per heavy atom. The van der Waals surface area contributed by atoms with E-state index in [1.54, 1.807) is 0 Å². The number of hydrogen-bond donors (Lipinski definition) is 0. The Balaban J connectivity index is 1.45. The second-order valence-corrected chi connectivity index (χ2v) is 12.5. The Labute approximate surface area is 255 Å². The molecule has 44 heavy (non-hydrogen) atoms. The van der Waals surface area contributed by atoms with Crippen LogP contribution in [-0.4, -0.2) is 9.97 Å². The molecule has 0 spiro atoms. The monoisotopic (exact) mass is 566 g/mol. The van der Waals surface area contributed by atoms with E-state index in [9.17, 15) is 0 Å². The Kier molecular flexibility index (Phi) is 5.23. The summed E-state index contributed by atoms with van der Waals surface area (Å²) in [5, 5.41) is 5.63. The molecule has 0 radical (unpaired) electrons. The number of hydrogen-bond acceptors (Lipinski definition) is 3. The molecule has 0 saturated heterocycles. The van der Waals surface area contributed by atoms with E-state index in [-0.39, 0.29) is 5.41 Å². The van der Waals surface area contributed by atoms with Crippen LogP contribution < -0.4 is 0 Å². The first-order chi connectivity index (χ1) is 21.5. The first kappa shape index (κ1) is 25.2. The van der Waals surface area contributed by atoms with Crippen LogP contribution in [0.25, 0.3) is 77.4 Å². The van der Waals surface area contributed by atoms with E-state index in [0.29, 0.717) is 5.92 Å². The SMILES string of the molecule is CC(C)C1(C)c2ccccc2-c2c1cc(-c1nc(-c3cccc4ccccc34)nc3ccccc13)c1oc3ccccc3c21. The number of fused-ring (bicyclic) bond motifs is 9. The van der Waals surface area contributed by atoms with Gasteiger partial charge in [0.1, 0.15) is 11.2 Å². The first-order valence-electron chi connectivity index (χ1n) is 15.4. The van der Waals surface area contributed by atoms with Crippen LogP contribution in [0.1, 0.15) is 31.9 Å². The minimum absolute atomic E-state index is 0.172. The first-order valence-corrected chi connectivity index (χ1v) is 15.4. The van der Waals surface area contributed by atoms with E-state index >= 15 is 0 Å². The molecule has 1 aliphatic rings. The quantitative estimate of drug-likeness (QED) is 0.213. The molecule has 1 unspecified atom stereocenters. The number of para-hydroxylation sites is 2. The lowest BCUT2D eigenvalue weighted by molar-refractivity contribution is 0.414. The summed E-state index contributed by atoms with van der Waals surface area (Å²) >= 11 is 0. The highest BCUT2D eigenvalue weighted by Crippen LogP contribution is 2.57. The van der Waals surface area contributed by atoms with Gasteiger partial charge in [-0.2, -0.15) is 0 Å². The number of benzene rings is 6. The molecular formula is C41H30N2O. The van der Waals surface area contributed by atoms with Crippen LogP contribution in [0.3, 0.4) is 0 Å². The molecule has 2 aromatic heterocycles. The normalized spacial score (nSPS) is 15.9. The second-order valence-electron chi connectivity index (χ2n) is 12.5. The molecule has 3 nitrogen and oxygen atoms in total. The third kappa shape index (κ3) is 3.32. The van der Waals surface area contributed by atoms with E-state index in [1.807, 2.05) is 0 Å². The summed E-state index contributed by atoms with van der Waals surface area (Å²) in [6, 6.07) is 42.9. The predicted molar refractivity (Wildman–Crippen MR) is 182 cm³/mol. The van der Waals surface area contributed by atoms with Crippen molar-refractivity contribution in [2.75, 3.05) is 0 Å². The van der Waals surface area contributed by atoms with Crippen LogP contribution in [0, 0.1) is 5.92 Å². The van der Waals surface area contributed by atoms with E-state index in [1.165, 1.54) is 33.0 Å². The van der Waals surface area contributed by atoms with Crippen molar-refractivity contribution in [2.24, 2.45) is 5.92 Å². The lowest BCUT2D eigenvalue weighted by Crippen LogP contribution is -2.27. The molecule has 1 atom stereocenters. The second kappa shape index (κ2) is 9.11. The third-order valence-electron chi connectivity index (χ3n) is 10.0. The van der Waals surface area contributed by atoms with Gasteiger partial charge in [-0.1, -0.05) is 124 Å². The molecule has 6 aromatic carbocycles. The lowest BCUT2D eigenvalue weighted by Gasteiger charge is -2.32. The number of furan rings is 1. The summed E-state index contributed by atoms with van der Waals surface area (Å²) in [4.78, 5) is 10.5. The van der Waals surface area contributed by atoms with Gasteiger partial charge >= 0.3 is 0 Å². The van der Waals surface area contributed by atoms with Gasteiger partial charge in [0.2, 0.25) is 0 Å². The van der Waals surface area contributed by atoms with Gasteiger partial charge in [-0.05, 0) is 57.1 Å². The summed E-state index contributed by atoms with van der Waals surface area (Å²) in [5.74, 6) is 1.09. The third-order valence-corrected chi connectivity index (χ3v) is 10.0. The predicted octanol–water partition coefficient (Wildman–Crippen LogP) is 11.0. The Morgan fingerprint density at radius 1 is 0.614 bits per heavy atom. The van der Waals surface area contributed by atoms with Crippen molar-refractivity contribution in [3.8, 4) is 33.8 Å². The lowest BCUT2D eigenvalue weighted by atomic mass is 9.71. The van der Waals surface area contributed by atoms with Gasteiger partial charge in [0.15, 0.2) is 5.82 Å². The molecule has 1 aliphatic carbocycles. The molecule has 8 aromatic rings. The molecular weight excluding hydrogens is 536 g/mol. The highest BCUT2D eigenvalue weighted by atomic mass is 16.3. The number of rotatable bonds is 3. The fourth-order valence-corrected chi connectivity index (χ4v) is 7.51. The zero-order chi connectivity index (χ0) is 29.6. The summed E-state index contributed by atoms with van der Waals surface area (Å²) in [6.45, 7) is 7.07. The molecule has 9 rings (SSSR count).